The third-order valence-corrected chi connectivity index (χ3v) is 5.90. The number of pyridine rings is 1. The Morgan fingerprint density at radius 3 is 2.75 bits per heavy atom. The summed E-state index contributed by atoms with van der Waals surface area (Å²) in [4.78, 5) is 15.6. The second kappa shape index (κ2) is 11.0. The quantitative estimate of drug-likeness (QED) is 0.527. The molecule has 2 aromatic rings. The predicted octanol–water partition coefficient (Wildman–Crippen LogP) is 2.58. The third kappa shape index (κ3) is 6.21. The van der Waals surface area contributed by atoms with Crippen molar-refractivity contribution in [1.82, 2.24) is 20.5 Å². The molecule has 0 aromatic carbocycles. The number of guanidine groups is 1. The van der Waals surface area contributed by atoms with Gasteiger partial charge in [0.15, 0.2) is 5.96 Å². The molecule has 1 aliphatic heterocycles. The molecule has 3 rings (SSSR count). The number of thiophene rings is 1. The van der Waals surface area contributed by atoms with E-state index in [1.54, 1.807) is 11.3 Å². The molecule has 0 radical (unpaired) electrons. The molecule has 152 valence electrons. The van der Waals surface area contributed by atoms with Crippen LogP contribution in [0.3, 0.4) is 0 Å². The van der Waals surface area contributed by atoms with Crippen LogP contribution in [0.4, 0.5) is 5.82 Å². The van der Waals surface area contributed by atoms with Crippen molar-refractivity contribution in [2.75, 3.05) is 50.7 Å². The van der Waals surface area contributed by atoms with Crippen LogP contribution in [-0.2, 0) is 13.0 Å². The summed E-state index contributed by atoms with van der Waals surface area (Å²) in [5.74, 6) is 1.94. The van der Waals surface area contributed by atoms with Gasteiger partial charge in [0.05, 0.1) is 6.54 Å². The van der Waals surface area contributed by atoms with Crippen LogP contribution in [0.2, 0.25) is 0 Å². The maximum Gasteiger partial charge on any atom is 0.191 e. The number of nitrogens with zero attached hydrogens (tertiary/aromatic N) is 4. The highest BCUT2D eigenvalue weighted by atomic mass is 32.1. The summed E-state index contributed by atoms with van der Waals surface area (Å²) < 4.78 is 0. The average Bonchev–Trinajstić information content (AvgIpc) is 3.26. The lowest BCUT2D eigenvalue weighted by Gasteiger charge is -2.34. The zero-order valence-corrected chi connectivity index (χ0v) is 17.8. The van der Waals surface area contributed by atoms with Crippen molar-refractivity contribution in [3.63, 3.8) is 0 Å². The third-order valence-electron chi connectivity index (χ3n) is 4.96. The van der Waals surface area contributed by atoms with Gasteiger partial charge in [0, 0.05) is 50.3 Å². The SMILES string of the molecule is CCNC(=NCc1ccnc(N2CCN(CC)CC2)c1)NCCc1cccs1. The van der Waals surface area contributed by atoms with Crippen LogP contribution in [0.5, 0.6) is 0 Å². The Labute approximate surface area is 172 Å². The van der Waals surface area contributed by atoms with Crippen molar-refractivity contribution in [2.45, 2.75) is 26.8 Å². The average molecular weight is 401 g/mol. The van der Waals surface area contributed by atoms with Gasteiger partial charge < -0.3 is 20.4 Å². The molecule has 0 spiro atoms. The van der Waals surface area contributed by atoms with Gasteiger partial charge in [-0.1, -0.05) is 13.0 Å². The van der Waals surface area contributed by atoms with E-state index >= 15 is 0 Å². The van der Waals surface area contributed by atoms with Crippen molar-refractivity contribution in [3.8, 4) is 0 Å². The summed E-state index contributed by atoms with van der Waals surface area (Å²) in [5.41, 5.74) is 1.19. The molecule has 2 aromatic heterocycles. The van der Waals surface area contributed by atoms with Gasteiger partial charge in [-0.15, -0.1) is 11.3 Å². The van der Waals surface area contributed by atoms with E-state index in [2.05, 4.69) is 68.9 Å². The van der Waals surface area contributed by atoms with E-state index in [-0.39, 0.29) is 0 Å². The van der Waals surface area contributed by atoms with Gasteiger partial charge in [0.25, 0.3) is 0 Å². The van der Waals surface area contributed by atoms with Gasteiger partial charge in [-0.25, -0.2) is 9.98 Å². The monoisotopic (exact) mass is 400 g/mol. The number of rotatable bonds is 8. The van der Waals surface area contributed by atoms with Crippen molar-refractivity contribution >= 4 is 23.1 Å². The summed E-state index contributed by atoms with van der Waals surface area (Å²) in [7, 11) is 0. The molecule has 0 bridgehead atoms. The first kappa shape index (κ1) is 20.6. The molecule has 0 amide bonds. The molecular formula is C21H32N6S. The maximum atomic E-state index is 4.76. The van der Waals surface area contributed by atoms with E-state index in [1.807, 2.05) is 6.20 Å². The van der Waals surface area contributed by atoms with Gasteiger partial charge >= 0.3 is 0 Å². The zero-order valence-electron chi connectivity index (χ0n) is 17.0. The zero-order chi connectivity index (χ0) is 19.6. The Morgan fingerprint density at radius 2 is 2.04 bits per heavy atom. The molecule has 7 heteroatoms. The summed E-state index contributed by atoms with van der Waals surface area (Å²) >= 11 is 1.80. The van der Waals surface area contributed by atoms with Crippen LogP contribution in [0.15, 0.2) is 40.8 Å². The Bertz CT molecular complexity index is 722. The molecule has 0 aliphatic carbocycles. The summed E-state index contributed by atoms with van der Waals surface area (Å²) in [6.07, 6.45) is 2.93. The molecule has 28 heavy (non-hydrogen) atoms. The molecule has 1 aliphatic rings. The van der Waals surface area contributed by atoms with E-state index in [0.29, 0.717) is 6.54 Å². The molecule has 0 atom stereocenters. The van der Waals surface area contributed by atoms with Crippen LogP contribution in [-0.4, -0.2) is 61.7 Å². The molecule has 1 fully saturated rings. The minimum atomic E-state index is 0.652. The predicted molar refractivity (Wildman–Crippen MR) is 119 cm³/mol. The summed E-state index contributed by atoms with van der Waals surface area (Å²) in [6, 6.07) is 8.52. The minimum absolute atomic E-state index is 0.652. The fourth-order valence-electron chi connectivity index (χ4n) is 3.30. The van der Waals surface area contributed by atoms with Crippen LogP contribution in [0.1, 0.15) is 24.3 Å². The number of likely N-dealkylation sites (N-methyl/N-ethyl adjacent to an activating group) is 1. The maximum absolute atomic E-state index is 4.76. The van der Waals surface area contributed by atoms with E-state index in [4.69, 9.17) is 4.99 Å². The Kier molecular flexibility index (Phi) is 8.11. The molecule has 1 saturated heterocycles. The van der Waals surface area contributed by atoms with Crippen molar-refractivity contribution in [2.24, 2.45) is 4.99 Å². The molecule has 6 nitrogen and oxygen atoms in total. The first-order valence-corrected chi connectivity index (χ1v) is 11.1. The van der Waals surface area contributed by atoms with Crippen molar-refractivity contribution in [1.29, 1.82) is 0 Å². The lowest BCUT2D eigenvalue weighted by atomic mass is 10.2. The molecule has 2 N–H and O–H groups in total. The normalized spacial score (nSPS) is 15.6. The fraction of sp³-hybridized carbons (Fsp3) is 0.524. The standard InChI is InChI=1S/C21H32N6S/c1-3-22-21(24-10-8-19-6-5-15-28-19)25-17-18-7-9-23-20(16-18)27-13-11-26(4-2)12-14-27/h5-7,9,15-16H,3-4,8,10-14,17H2,1-2H3,(H2,22,24,25). The number of aromatic nitrogens is 1. The molecular weight excluding hydrogens is 368 g/mol. The second-order valence-electron chi connectivity index (χ2n) is 6.89. The Hall–Kier alpha value is -2.12. The number of piperazine rings is 1. The molecule has 3 heterocycles. The highest BCUT2D eigenvalue weighted by Gasteiger charge is 2.16. The van der Waals surface area contributed by atoms with Gasteiger partial charge in [-0.3, -0.25) is 0 Å². The van der Waals surface area contributed by atoms with E-state index < -0.39 is 0 Å². The van der Waals surface area contributed by atoms with Gasteiger partial charge in [-0.05, 0) is 49.0 Å². The van der Waals surface area contributed by atoms with Gasteiger partial charge in [0.1, 0.15) is 5.82 Å². The lowest BCUT2D eigenvalue weighted by Crippen LogP contribution is -2.46. The molecule has 0 unspecified atom stereocenters. The largest absolute Gasteiger partial charge is 0.357 e. The molecule has 0 saturated carbocycles. The van der Waals surface area contributed by atoms with Crippen LogP contribution < -0.4 is 15.5 Å². The van der Waals surface area contributed by atoms with E-state index in [1.165, 1.54) is 10.4 Å². The Balaban J connectivity index is 1.54. The highest BCUT2D eigenvalue weighted by molar-refractivity contribution is 7.09. The lowest BCUT2D eigenvalue weighted by molar-refractivity contribution is 0.270. The first-order valence-electron chi connectivity index (χ1n) is 10.2. The van der Waals surface area contributed by atoms with Crippen LogP contribution in [0.25, 0.3) is 0 Å². The van der Waals surface area contributed by atoms with Crippen LogP contribution >= 0.6 is 11.3 Å². The topological polar surface area (TPSA) is 55.8 Å². The number of aliphatic imine (C=N–C) groups is 1. The smallest absolute Gasteiger partial charge is 0.191 e. The number of nitrogens with one attached hydrogen (secondary N) is 2. The first-order chi connectivity index (χ1) is 13.8. The van der Waals surface area contributed by atoms with Gasteiger partial charge in [-0.2, -0.15) is 0 Å². The number of hydrogen-bond acceptors (Lipinski definition) is 5. The van der Waals surface area contributed by atoms with E-state index in [9.17, 15) is 0 Å². The number of hydrogen-bond donors (Lipinski definition) is 2. The van der Waals surface area contributed by atoms with Crippen LogP contribution in [0, 0.1) is 0 Å². The second-order valence-corrected chi connectivity index (χ2v) is 7.93. The fourth-order valence-corrected chi connectivity index (χ4v) is 4.01. The van der Waals surface area contributed by atoms with Crippen molar-refractivity contribution in [3.05, 3.63) is 46.3 Å². The highest BCUT2D eigenvalue weighted by Crippen LogP contribution is 2.15. The minimum Gasteiger partial charge on any atom is -0.357 e. The van der Waals surface area contributed by atoms with E-state index in [0.717, 1.165) is 64.0 Å². The summed E-state index contributed by atoms with van der Waals surface area (Å²) in [5, 5.41) is 8.89. The van der Waals surface area contributed by atoms with Gasteiger partial charge in [0.2, 0.25) is 0 Å². The van der Waals surface area contributed by atoms with Crippen molar-refractivity contribution < 1.29 is 0 Å². The Morgan fingerprint density at radius 1 is 1.18 bits per heavy atom. The number of anilines is 1. The summed E-state index contributed by atoms with van der Waals surface area (Å²) in [6.45, 7) is 12.1.